The van der Waals surface area contributed by atoms with E-state index >= 15 is 0 Å². The van der Waals surface area contributed by atoms with E-state index in [1.54, 1.807) is 0 Å². The summed E-state index contributed by atoms with van der Waals surface area (Å²) >= 11 is 0. The summed E-state index contributed by atoms with van der Waals surface area (Å²) < 4.78 is 26.3. The van der Waals surface area contributed by atoms with E-state index in [9.17, 15) is 8.42 Å². The number of rotatable bonds is 9. The van der Waals surface area contributed by atoms with Gasteiger partial charge in [-0.3, -0.25) is 0 Å². The molecule has 0 bridgehead atoms. The molecule has 1 N–H and O–H groups in total. The molecular formula is C15H31NO2SSi. The molecule has 0 aliphatic carbocycles. The molecule has 0 saturated carbocycles. The summed E-state index contributed by atoms with van der Waals surface area (Å²) in [7, 11) is -4.41. The van der Waals surface area contributed by atoms with Gasteiger partial charge in [0.2, 0.25) is 10.0 Å². The van der Waals surface area contributed by atoms with Crippen molar-refractivity contribution in [1.29, 1.82) is 0 Å². The molecule has 0 radical (unpaired) electrons. The molecule has 0 fully saturated rings. The first kappa shape index (κ1) is 19.6. The van der Waals surface area contributed by atoms with Crippen LogP contribution >= 0.6 is 0 Å². The van der Waals surface area contributed by atoms with Gasteiger partial charge in [0.25, 0.3) is 0 Å². The summed E-state index contributed by atoms with van der Waals surface area (Å²) in [4.78, 5) is 0. The molecule has 0 unspecified atom stereocenters. The Labute approximate surface area is 126 Å². The maximum Gasteiger partial charge on any atom is 0.211 e. The van der Waals surface area contributed by atoms with Crippen LogP contribution in [0.5, 0.6) is 0 Å². The highest BCUT2D eigenvalue weighted by Crippen LogP contribution is 2.09. The van der Waals surface area contributed by atoms with Crippen LogP contribution in [0.25, 0.3) is 0 Å². The molecule has 5 heteroatoms. The minimum absolute atomic E-state index is 0.257. The van der Waals surface area contributed by atoms with E-state index in [4.69, 9.17) is 0 Å². The maximum absolute atomic E-state index is 11.8. The van der Waals surface area contributed by atoms with E-state index in [1.807, 2.05) is 6.08 Å². The summed E-state index contributed by atoms with van der Waals surface area (Å²) in [5.41, 5.74) is 2.56. The van der Waals surface area contributed by atoms with Crippen LogP contribution in [0, 0.1) is 0 Å². The summed E-state index contributed by atoms with van der Waals surface area (Å²) in [6, 6.07) is 0.811. The van der Waals surface area contributed by atoms with Crippen molar-refractivity contribution < 1.29 is 8.42 Å². The van der Waals surface area contributed by atoms with Gasteiger partial charge in [0, 0.05) is 14.6 Å². The lowest BCUT2D eigenvalue weighted by atomic mass is 10.1. The lowest BCUT2D eigenvalue weighted by Gasteiger charge is -2.15. The van der Waals surface area contributed by atoms with E-state index in [2.05, 4.69) is 51.2 Å². The van der Waals surface area contributed by atoms with Gasteiger partial charge in [0.05, 0.1) is 5.75 Å². The average Bonchev–Trinajstić information content (AvgIpc) is 2.25. The zero-order valence-corrected chi connectivity index (χ0v) is 15.7. The van der Waals surface area contributed by atoms with Crippen molar-refractivity contribution in [3.63, 3.8) is 0 Å². The van der Waals surface area contributed by atoms with Gasteiger partial charge < -0.3 is 0 Å². The fourth-order valence-electron chi connectivity index (χ4n) is 1.55. The van der Waals surface area contributed by atoms with Crippen LogP contribution in [0.15, 0.2) is 23.3 Å². The topological polar surface area (TPSA) is 46.2 Å². The van der Waals surface area contributed by atoms with E-state index in [-0.39, 0.29) is 5.75 Å². The lowest BCUT2D eigenvalue weighted by molar-refractivity contribution is 0.586. The molecule has 0 aliphatic heterocycles. The minimum atomic E-state index is -3.12. The normalized spacial score (nSPS) is 13.4. The van der Waals surface area contributed by atoms with Crippen molar-refractivity contribution >= 4 is 18.1 Å². The standard InChI is InChI=1S/C15H31NO2SSi/c1-14(2)8-7-9-15(3)10-11-16-19(17,18)12-13-20(4,5)6/h8,10,16H,7,9,11-13H2,1-6H3/b15-10+. The Morgan fingerprint density at radius 3 is 2.20 bits per heavy atom. The first-order chi connectivity index (χ1) is 9.02. The molecule has 118 valence electrons. The third-order valence-corrected chi connectivity index (χ3v) is 6.43. The Morgan fingerprint density at radius 2 is 1.70 bits per heavy atom. The van der Waals surface area contributed by atoms with Gasteiger partial charge in [-0.1, -0.05) is 42.9 Å². The SMILES string of the molecule is CC(C)=CCC/C(C)=C/CNS(=O)(=O)CC[Si](C)(C)C. The van der Waals surface area contributed by atoms with Crippen LogP contribution in [0.2, 0.25) is 25.7 Å². The average molecular weight is 318 g/mol. The van der Waals surface area contributed by atoms with Gasteiger partial charge in [0.15, 0.2) is 0 Å². The second-order valence-corrected chi connectivity index (χ2v) is 14.4. The van der Waals surface area contributed by atoms with E-state index in [0.29, 0.717) is 6.54 Å². The van der Waals surface area contributed by atoms with Crippen LogP contribution in [0.1, 0.15) is 33.6 Å². The first-order valence-corrected chi connectivity index (χ1v) is 12.6. The zero-order valence-electron chi connectivity index (χ0n) is 13.9. The molecule has 0 aromatic heterocycles. The van der Waals surface area contributed by atoms with Crippen molar-refractivity contribution in [3.8, 4) is 0 Å². The predicted molar refractivity (Wildman–Crippen MR) is 92.4 cm³/mol. The van der Waals surface area contributed by atoms with Crippen molar-refractivity contribution in [2.45, 2.75) is 59.3 Å². The van der Waals surface area contributed by atoms with Crippen LogP contribution in [-0.4, -0.2) is 28.8 Å². The molecule has 0 saturated heterocycles. The molecule has 0 rings (SSSR count). The van der Waals surface area contributed by atoms with Crippen LogP contribution in [-0.2, 0) is 10.0 Å². The van der Waals surface area contributed by atoms with E-state index in [0.717, 1.165) is 18.9 Å². The highest BCUT2D eigenvalue weighted by molar-refractivity contribution is 7.89. The highest BCUT2D eigenvalue weighted by atomic mass is 32.2. The zero-order chi connectivity index (χ0) is 15.8. The van der Waals surface area contributed by atoms with Crippen molar-refractivity contribution in [1.82, 2.24) is 4.72 Å². The largest absolute Gasteiger partial charge is 0.212 e. The summed E-state index contributed by atoms with van der Waals surface area (Å²) in [6.45, 7) is 13.2. The fraction of sp³-hybridized carbons (Fsp3) is 0.733. The van der Waals surface area contributed by atoms with Gasteiger partial charge in [0.1, 0.15) is 0 Å². The van der Waals surface area contributed by atoms with Crippen LogP contribution < -0.4 is 4.72 Å². The molecule has 3 nitrogen and oxygen atoms in total. The quantitative estimate of drug-likeness (QED) is 0.517. The number of hydrogen-bond acceptors (Lipinski definition) is 2. The van der Waals surface area contributed by atoms with Gasteiger partial charge in [-0.2, -0.15) is 0 Å². The lowest BCUT2D eigenvalue weighted by Crippen LogP contribution is -2.31. The van der Waals surface area contributed by atoms with E-state index < -0.39 is 18.1 Å². The smallest absolute Gasteiger partial charge is 0.211 e. The molecule has 0 spiro atoms. The maximum atomic E-state index is 11.8. The second kappa shape index (κ2) is 8.80. The monoisotopic (exact) mass is 317 g/mol. The summed E-state index contributed by atoms with van der Waals surface area (Å²) in [6.07, 6.45) is 6.19. The fourth-order valence-corrected chi connectivity index (χ4v) is 5.55. The Balaban J connectivity index is 4.11. The first-order valence-electron chi connectivity index (χ1n) is 7.28. The number of allylic oxidation sites excluding steroid dienone is 3. The molecule has 20 heavy (non-hydrogen) atoms. The highest BCUT2D eigenvalue weighted by Gasteiger charge is 2.18. The number of nitrogens with one attached hydrogen (secondary N) is 1. The molecule has 0 aromatic rings. The van der Waals surface area contributed by atoms with Gasteiger partial charge in [-0.05, 0) is 39.7 Å². The number of hydrogen-bond donors (Lipinski definition) is 1. The van der Waals surface area contributed by atoms with Gasteiger partial charge in [-0.15, -0.1) is 0 Å². The third-order valence-electron chi connectivity index (χ3n) is 2.97. The Bertz CT molecular complexity index is 441. The summed E-state index contributed by atoms with van der Waals surface area (Å²) in [5, 5.41) is 0. The molecule has 0 aromatic carbocycles. The molecule has 0 atom stereocenters. The second-order valence-electron chi connectivity index (χ2n) is 6.85. The third kappa shape index (κ3) is 12.6. The summed E-state index contributed by atoms with van der Waals surface area (Å²) in [5.74, 6) is 0.257. The van der Waals surface area contributed by atoms with E-state index in [1.165, 1.54) is 11.1 Å². The Hall–Kier alpha value is -0.393. The molecule has 0 amide bonds. The number of sulfonamides is 1. The predicted octanol–water partition coefficient (Wildman–Crippen LogP) is 3.94. The van der Waals surface area contributed by atoms with Crippen LogP contribution in [0.4, 0.5) is 0 Å². The Morgan fingerprint density at radius 1 is 1.10 bits per heavy atom. The van der Waals surface area contributed by atoms with Gasteiger partial charge >= 0.3 is 0 Å². The van der Waals surface area contributed by atoms with Gasteiger partial charge in [-0.25, -0.2) is 13.1 Å². The van der Waals surface area contributed by atoms with Crippen LogP contribution in [0.3, 0.4) is 0 Å². The van der Waals surface area contributed by atoms with Crippen molar-refractivity contribution in [2.24, 2.45) is 0 Å². The van der Waals surface area contributed by atoms with Crippen molar-refractivity contribution in [3.05, 3.63) is 23.3 Å². The molecule has 0 heterocycles. The molecule has 0 aliphatic rings. The minimum Gasteiger partial charge on any atom is -0.212 e. The van der Waals surface area contributed by atoms with Crippen molar-refractivity contribution in [2.75, 3.05) is 12.3 Å². The Kier molecular flexibility index (Phi) is 8.62. The molecular weight excluding hydrogens is 286 g/mol.